The minimum atomic E-state index is 0.594. The molecule has 100 valence electrons. The highest BCUT2D eigenvalue weighted by Gasteiger charge is 2.20. The highest BCUT2D eigenvalue weighted by Crippen LogP contribution is 2.22. The maximum atomic E-state index is 5.78. The van der Waals surface area contributed by atoms with Crippen molar-refractivity contribution in [1.29, 1.82) is 0 Å². The predicted octanol–water partition coefficient (Wildman–Crippen LogP) is 1.39. The van der Waals surface area contributed by atoms with Gasteiger partial charge in [-0.05, 0) is 39.2 Å². The van der Waals surface area contributed by atoms with Crippen molar-refractivity contribution in [1.82, 2.24) is 9.97 Å². The smallest absolute Gasteiger partial charge is 0.134 e. The van der Waals surface area contributed by atoms with Crippen molar-refractivity contribution in [2.45, 2.75) is 26.7 Å². The lowest BCUT2D eigenvalue weighted by Crippen LogP contribution is -2.39. The molecule has 0 spiro atoms. The van der Waals surface area contributed by atoms with Crippen LogP contribution in [0.15, 0.2) is 6.07 Å². The van der Waals surface area contributed by atoms with E-state index in [1.807, 2.05) is 13.0 Å². The molecular weight excluding hydrogens is 226 g/mol. The third kappa shape index (κ3) is 3.10. The van der Waals surface area contributed by atoms with Crippen LogP contribution in [0.1, 0.15) is 25.6 Å². The highest BCUT2D eigenvalue weighted by atomic mass is 15.2. The molecule has 0 saturated carbocycles. The van der Waals surface area contributed by atoms with Crippen LogP contribution in [0.2, 0.25) is 0 Å². The van der Waals surface area contributed by atoms with Crippen molar-refractivity contribution in [3.8, 4) is 0 Å². The zero-order chi connectivity index (χ0) is 13.0. The fourth-order valence-electron chi connectivity index (χ4n) is 2.45. The maximum absolute atomic E-state index is 5.78. The summed E-state index contributed by atoms with van der Waals surface area (Å²) in [6, 6.07) is 2.04. The van der Waals surface area contributed by atoms with Crippen molar-refractivity contribution in [3.63, 3.8) is 0 Å². The first-order valence-electron chi connectivity index (χ1n) is 6.77. The van der Waals surface area contributed by atoms with Crippen molar-refractivity contribution in [2.75, 3.05) is 36.4 Å². The number of hydrogen-bond donors (Lipinski definition) is 2. The predicted molar refractivity (Wildman–Crippen MR) is 74.9 cm³/mol. The Hall–Kier alpha value is -1.36. The molecule has 1 atom stereocenters. The summed E-state index contributed by atoms with van der Waals surface area (Å²) in [6.07, 6.45) is 2.43. The first-order chi connectivity index (χ1) is 8.72. The number of aromatic nitrogens is 2. The third-order valence-corrected chi connectivity index (χ3v) is 3.36. The molecule has 0 bridgehead atoms. The van der Waals surface area contributed by atoms with Crippen LogP contribution in [0.25, 0.3) is 0 Å². The number of hydrogen-bond acceptors (Lipinski definition) is 5. The minimum Gasteiger partial charge on any atom is -0.370 e. The van der Waals surface area contributed by atoms with Gasteiger partial charge in [0.2, 0.25) is 0 Å². The van der Waals surface area contributed by atoms with Crippen molar-refractivity contribution in [3.05, 3.63) is 11.9 Å². The Morgan fingerprint density at radius 1 is 1.50 bits per heavy atom. The van der Waals surface area contributed by atoms with Gasteiger partial charge in [0, 0.05) is 25.7 Å². The molecule has 1 aromatic rings. The summed E-state index contributed by atoms with van der Waals surface area (Å²) in [6.45, 7) is 7.73. The lowest BCUT2D eigenvalue weighted by Gasteiger charge is -2.33. The van der Waals surface area contributed by atoms with E-state index in [4.69, 9.17) is 5.73 Å². The van der Waals surface area contributed by atoms with Crippen LogP contribution in [0, 0.1) is 12.8 Å². The zero-order valence-corrected chi connectivity index (χ0v) is 11.3. The van der Waals surface area contributed by atoms with Gasteiger partial charge in [-0.3, -0.25) is 0 Å². The number of nitrogens with one attached hydrogen (secondary N) is 1. The molecule has 2 heterocycles. The van der Waals surface area contributed by atoms with Crippen LogP contribution in [-0.4, -0.2) is 36.1 Å². The second-order valence-corrected chi connectivity index (χ2v) is 4.88. The number of rotatable bonds is 4. The summed E-state index contributed by atoms with van der Waals surface area (Å²) in [5.41, 5.74) is 5.78. The molecule has 5 nitrogen and oxygen atoms in total. The van der Waals surface area contributed by atoms with Crippen LogP contribution < -0.4 is 16.0 Å². The normalized spacial score (nSPS) is 19.9. The molecule has 0 aliphatic carbocycles. The van der Waals surface area contributed by atoms with Gasteiger partial charge in [0.25, 0.3) is 0 Å². The molecule has 1 fully saturated rings. The van der Waals surface area contributed by atoms with Crippen LogP contribution >= 0.6 is 0 Å². The maximum Gasteiger partial charge on any atom is 0.134 e. The molecule has 1 aliphatic rings. The van der Waals surface area contributed by atoms with E-state index in [-0.39, 0.29) is 0 Å². The number of aryl methyl sites for hydroxylation is 1. The highest BCUT2D eigenvalue weighted by molar-refractivity contribution is 5.49. The van der Waals surface area contributed by atoms with E-state index >= 15 is 0 Å². The topological polar surface area (TPSA) is 67.1 Å². The van der Waals surface area contributed by atoms with Gasteiger partial charge < -0.3 is 16.0 Å². The zero-order valence-electron chi connectivity index (χ0n) is 11.3. The van der Waals surface area contributed by atoms with Crippen molar-refractivity contribution >= 4 is 11.6 Å². The molecular formula is C13H23N5. The van der Waals surface area contributed by atoms with Crippen molar-refractivity contribution < 1.29 is 0 Å². The summed E-state index contributed by atoms with van der Waals surface area (Å²) in [7, 11) is 0. The first kappa shape index (κ1) is 13.1. The Morgan fingerprint density at radius 2 is 2.33 bits per heavy atom. The van der Waals surface area contributed by atoms with Gasteiger partial charge in [0.1, 0.15) is 17.5 Å². The van der Waals surface area contributed by atoms with Gasteiger partial charge in [-0.2, -0.15) is 0 Å². The van der Waals surface area contributed by atoms with Crippen LogP contribution in [0.5, 0.6) is 0 Å². The van der Waals surface area contributed by atoms with Crippen LogP contribution in [-0.2, 0) is 0 Å². The second kappa shape index (κ2) is 6.00. The SMILES string of the molecule is CCNc1cc(N2CCCC(CN)C2)nc(C)n1. The van der Waals surface area contributed by atoms with Gasteiger partial charge in [0.05, 0.1) is 0 Å². The Kier molecular flexibility index (Phi) is 4.36. The minimum absolute atomic E-state index is 0.594. The molecule has 18 heavy (non-hydrogen) atoms. The Morgan fingerprint density at radius 3 is 3.06 bits per heavy atom. The van der Waals surface area contributed by atoms with E-state index in [9.17, 15) is 0 Å². The van der Waals surface area contributed by atoms with E-state index < -0.39 is 0 Å². The molecule has 1 saturated heterocycles. The van der Waals surface area contributed by atoms with Gasteiger partial charge in [-0.25, -0.2) is 9.97 Å². The standard InChI is InChI=1S/C13H23N5/c1-3-15-12-7-13(17-10(2)16-12)18-6-4-5-11(8-14)9-18/h7,11H,3-6,8-9,14H2,1-2H3,(H,15,16,17). The Balaban J connectivity index is 2.16. The van der Waals surface area contributed by atoms with E-state index in [1.165, 1.54) is 12.8 Å². The molecule has 0 amide bonds. The van der Waals surface area contributed by atoms with Gasteiger partial charge in [0.15, 0.2) is 0 Å². The van der Waals surface area contributed by atoms with Crippen molar-refractivity contribution in [2.24, 2.45) is 11.7 Å². The van der Waals surface area contributed by atoms with Crippen LogP contribution in [0.4, 0.5) is 11.6 Å². The van der Waals surface area contributed by atoms with Gasteiger partial charge in [-0.15, -0.1) is 0 Å². The second-order valence-electron chi connectivity index (χ2n) is 4.88. The lowest BCUT2D eigenvalue weighted by molar-refractivity contribution is 0.421. The molecule has 1 unspecified atom stereocenters. The molecule has 1 aliphatic heterocycles. The quantitative estimate of drug-likeness (QED) is 0.844. The molecule has 1 aromatic heterocycles. The summed E-state index contributed by atoms with van der Waals surface area (Å²) in [4.78, 5) is 11.3. The molecule has 0 aromatic carbocycles. The summed E-state index contributed by atoms with van der Waals surface area (Å²) < 4.78 is 0. The number of nitrogens with two attached hydrogens (primary N) is 1. The van der Waals surface area contributed by atoms with E-state index in [0.29, 0.717) is 5.92 Å². The summed E-state index contributed by atoms with van der Waals surface area (Å²) in [5.74, 6) is 3.35. The largest absolute Gasteiger partial charge is 0.370 e. The average molecular weight is 249 g/mol. The molecule has 5 heteroatoms. The number of nitrogens with zero attached hydrogens (tertiary/aromatic N) is 3. The van der Waals surface area contributed by atoms with E-state index in [2.05, 4.69) is 27.1 Å². The summed E-state index contributed by atoms with van der Waals surface area (Å²) >= 11 is 0. The van der Waals surface area contributed by atoms with E-state index in [1.54, 1.807) is 0 Å². The monoisotopic (exact) mass is 249 g/mol. The Bertz CT molecular complexity index is 393. The van der Waals surface area contributed by atoms with E-state index in [0.717, 1.165) is 43.6 Å². The molecule has 0 radical (unpaired) electrons. The lowest BCUT2D eigenvalue weighted by atomic mass is 9.98. The van der Waals surface area contributed by atoms with Crippen LogP contribution in [0.3, 0.4) is 0 Å². The fraction of sp³-hybridized carbons (Fsp3) is 0.692. The molecule has 2 rings (SSSR count). The fourth-order valence-corrected chi connectivity index (χ4v) is 2.45. The van der Waals surface area contributed by atoms with Gasteiger partial charge >= 0.3 is 0 Å². The third-order valence-electron chi connectivity index (χ3n) is 3.36. The Labute approximate surface area is 109 Å². The molecule has 3 N–H and O–H groups in total. The first-order valence-corrected chi connectivity index (χ1v) is 6.77. The number of anilines is 2. The summed E-state index contributed by atoms with van der Waals surface area (Å²) in [5, 5.41) is 3.25. The average Bonchev–Trinajstić information content (AvgIpc) is 2.38. The number of piperidine rings is 1. The van der Waals surface area contributed by atoms with Gasteiger partial charge in [-0.1, -0.05) is 0 Å².